The van der Waals surface area contributed by atoms with Crippen LogP contribution in [0.2, 0.25) is 0 Å². The molecule has 0 atom stereocenters. The second-order valence-corrected chi connectivity index (χ2v) is 4.77. The number of ketones is 1. The van der Waals surface area contributed by atoms with Crippen LogP contribution in [0.5, 0.6) is 0 Å². The molecule has 5 heteroatoms. The zero-order valence-corrected chi connectivity index (χ0v) is 11.7. The van der Waals surface area contributed by atoms with Gasteiger partial charge in [-0.2, -0.15) is 13.2 Å². The molecule has 0 aliphatic heterocycles. The highest BCUT2D eigenvalue weighted by molar-refractivity contribution is 5.97. The van der Waals surface area contributed by atoms with Crippen molar-refractivity contribution in [1.29, 1.82) is 0 Å². The van der Waals surface area contributed by atoms with Gasteiger partial charge in [0.2, 0.25) is 0 Å². The van der Waals surface area contributed by atoms with Crippen molar-refractivity contribution in [2.24, 2.45) is 0 Å². The summed E-state index contributed by atoms with van der Waals surface area (Å²) in [6, 6.07) is 13.4. The number of halogens is 3. The number of carbonyl (C=O) groups is 1. The third kappa shape index (κ3) is 4.22. The third-order valence-corrected chi connectivity index (χ3v) is 2.98. The lowest BCUT2D eigenvalue weighted by atomic mass is 10.1. The molecule has 0 aromatic heterocycles. The van der Waals surface area contributed by atoms with Crippen molar-refractivity contribution in [2.45, 2.75) is 12.6 Å². The van der Waals surface area contributed by atoms with E-state index in [1.807, 2.05) is 0 Å². The predicted octanol–water partition coefficient (Wildman–Crippen LogP) is 4.90. The van der Waals surface area contributed by atoms with Crippen LogP contribution in [-0.2, 0) is 6.18 Å². The van der Waals surface area contributed by atoms with Crippen LogP contribution in [0.4, 0.5) is 18.9 Å². The fourth-order valence-electron chi connectivity index (χ4n) is 1.94. The van der Waals surface area contributed by atoms with Crippen LogP contribution in [0, 0.1) is 0 Å². The maximum absolute atomic E-state index is 12.6. The van der Waals surface area contributed by atoms with Gasteiger partial charge in [-0.15, -0.1) is 0 Å². The molecule has 0 aliphatic carbocycles. The van der Waals surface area contributed by atoms with Crippen LogP contribution < -0.4 is 5.32 Å². The molecule has 2 aromatic rings. The lowest BCUT2D eigenvalue weighted by molar-refractivity contribution is -0.137. The van der Waals surface area contributed by atoms with Crippen molar-refractivity contribution >= 4 is 11.5 Å². The van der Waals surface area contributed by atoms with Gasteiger partial charge in [0.25, 0.3) is 0 Å². The molecule has 0 spiro atoms. The van der Waals surface area contributed by atoms with Crippen LogP contribution >= 0.6 is 0 Å². The zero-order valence-electron chi connectivity index (χ0n) is 11.7. The van der Waals surface area contributed by atoms with Gasteiger partial charge in [-0.1, -0.05) is 43.0 Å². The minimum absolute atomic E-state index is 0.0141. The minimum atomic E-state index is -4.40. The van der Waals surface area contributed by atoms with Crippen LogP contribution in [0.25, 0.3) is 0 Å². The van der Waals surface area contributed by atoms with Gasteiger partial charge in [-0.05, 0) is 18.2 Å². The number of alkyl halides is 3. The van der Waals surface area contributed by atoms with E-state index in [0.717, 1.165) is 12.1 Å². The molecule has 0 fully saturated rings. The predicted molar refractivity (Wildman–Crippen MR) is 79.6 cm³/mol. The standard InChI is InChI=1S/C17H14F3NO/c1-12(10-16(22)13-6-3-2-4-7-13)21-15-9-5-8-14(11-15)17(18,19)20/h2-9,11,21H,1,10H2. The highest BCUT2D eigenvalue weighted by atomic mass is 19.4. The number of carbonyl (C=O) groups excluding carboxylic acids is 1. The Morgan fingerprint density at radius 2 is 1.73 bits per heavy atom. The number of hydrogen-bond donors (Lipinski definition) is 1. The summed E-state index contributed by atoms with van der Waals surface area (Å²) >= 11 is 0. The Labute approximate surface area is 126 Å². The fraction of sp³-hybridized carbons (Fsp3) is 0.118. The van der Waals surface area contributed by atoms with Crippen molar-refractivity contribution in [3.05, 3.63) is 78.0 Å². The summed E-state index contributed by atoms with van der Waals surface area (Å²) in [5, 5.41) is 2.74. The molecule has 0 saturated heterocycles. The number of nitrogens with one attached hydrogen (secondary N) is 1. The van der Waals surface area contributed by atoms with Gasteiger partial charge in [0, 0.05) is 16.9 Å². The summed E-state index contributed by atoms with van der Waals surface area (Å²) in [6.45, 7) is 3.69. The normalized spacial score (nSPS) is 11.0. The largest absolute Gasteiger partial charge is 0.416 e. The Balaban J connectivity index is 2.02. The molecule has 0 saturated carbocycles. The lowest BCUT2D eigenvalue weighted by Gasteiger charge is -2.12. The Morgan fingerprint density at radius 1 is 1.05 bits per heavy atom. The van der Waals surface area contributed by atoms with E-state index >= 15 is 0 Å². The van der Waals surface area contributed by atoms with Crippen molar-refractivity contribution in [2.75, 3.05) is 5.32 Å². The summed E-state index contributed by atoms with van der Waals surface area (Å²) in [5.74, 6) is -0.148. The van der Waals surface area contributed by atoms with E-state index in [1.165, 1.54) is 12.1 Å². The summed E-state index contributed by atoms with van der Waals surface area (Å²) in [5.41, 5.74) is 0.378. The van der Waals surface area contributed by atoms with Crippen LogP contribution in [0.1, 0.15) is 22.3 Å². The molecule has 0 unspecified atom stereocenters. The quantitative estimate of drug-likeness (QED) is 0.796. The highest BCUT2D eigenvalue weighted by Gasteiger charge is 2.30. The highest BCUT2D eigenvalue weighted by Crippen LogP contribution is 2.31. The maximum Gasteiger partial charge on any atom is 0.416 e. The lowest BCUT2D eigenvalue weighted by Crippen LogP contribution is -2.08. The Morgan fingerprint density at radius 3 is 2.36 bits per heavy atom. The summed E-state index contributed by atoms with van der Waals surface area (Å²) in [7, 11) is 0. The monoisotopic (exact) mass is 305 g/mol. The van der Waals surface area contributed by atoms with E-state index in [4.69, 9.17) is 0 Å². The van der Waals surface area contributed by atoms with E-state index in [2.05, 4.69) is 11.9 Å². The number of hydrogen-bond acceptors (Lipinski definition) is 2. The van der Waals surface area contributed by atoms with Crippen LogP contribution in [-0.4, -0.2) is 5.78 Å². The van der Waals surface area contributed by atoms with Crippen molar-refractivity contribution in [3.63, 3.8) is 0 Å². The summed E-state index contributed by atoms with van der Waals surface area (Å²) in [6.07, 6.45) is -4.39. The second kappa shape index (κ2) is 6.47. The van der Waals surface area contributed by atoms with Gasteiger partial charge in [0.1, 0.15) is 0 Å². The molecular formula is C17H14F3NO. The maximum atomic E-state index is 12.6. The first-order chi connectivity index (χ1) is 10.4. The van der Waals surface area contributed by atoms with Crippen LogP contribution in [0.15, 0.2) is 66.9 Å². The molecule has 22 heavy (non-hydrogen) atoms. The van der Waals surface area contributed by atoms with Crippen LogP contribution in [0.3, 0.4) is 0 Å². The second-order valence-electron chi connectivity index (χ2n) is 4.77. The molecular weight excluding hydrogens is 291 g/mol. The molecule has 0 amide bonds. The first-order valence-corrected chi connectivity index (χ1v) is 6.56. The summed E-state index contributed by atoms with van der Waals surface area (Å²) in [4.78, 5) is 12.0. The topological polar surface area (TPSA) is 29.1 Å². The first-order valence-electron chi connectivity index (χ1n) is 6.56. The Hall–Kier alpha value is -2.56. The Kier molecular flexibility index (Phi) is 4.65. The van der Waals surface area contributed by atoms with Gasteiger partial charge in [-0.25, -0.2) is 0 Å². The molecule has 0 aliphatic rings. The van der Waals surface area contributed by atoms with Crippen molar-refractivity contribution < 1.29 is 18.0 Å². The Bertz CT molecular complexity index is 678. The van der Waals surface area contributed by atoms with E-state index in [0.29, 0.717) is 11.3 Å². The van der Waals surface area contributed by atoms with Crippen molar-refractivity contribution in [1.82, 2.24) is 0 Å². The smallest absolute Gasteiger partial charge is 0.359 e. The van der Waals surface area contributed by atoms with E-state index in [9.17, 15) is 18.0 Å². The van der Waals surface area contributed by atoms with E-state index < -0.39 is 11.7 Å². The molecule has 0 bridgehead atoms. The van der Waals surface area contributed by atoms with Gasteiger partial charge in [0.05, 0.1) is 12.0 Å². The molecule has 1 N–H and O–H groups in total. The zero-order chi connectivity index (χ0) is 16.2. The first kappa shape index (κ1) is 15.8. The van der Waals surface area contributed by atoms with Gasteiger partial charge >= 0.3 is 6.18 Å². The number of rotatable bonds is 5. The molecule has 114 valence electrons. The molecule has 0 heterocycles. The minimum Gasteiger partial charge on any atom is -0.359 e. The average Bonchev–Trinajstić information content (AvgIpc) is 2.47. The molecule has 2 nitrogen and oxygen atoms in total. The number of benzene rings is 2. The molecule has 0 radical (unpaired) electrons. The SMILES string of the molecule is C=C(CC(=O)c1ccccc1)Nc1cccc(C(F)(F)F)c1. The van der Waals surface area contributed by atoms with E-state index in [1.54, 1.807) is 30.3 Å². The van der Waals surface area contributed by atoms with Gasteiger partial charge in [0.15, 0.2) is 5.78 Å². The fourth-order valence-corrected chi connectivity index (χ4v) is 1.94. The number of anilines is 1. The molecule has 2 aromatic carbocycles. The van der Waals surface area contributed by atoms with Crippen molar-refractivity contribution in [3.8, 4) is 0 Å². The molecule has 2 rings (SSSR count). The number of Topliss-reactive ketones (excluding diaryl/α,β-unsaturated/α-hetero) is 1. The number of allylic oxidation sites excluding steroid dienone is 1. The van der Waals surface area contributed by atoms with Gasteiger partial charge < -0.3 is 5.32 Å². The van der Waals surface area contributed by atoms with Gasteiger partial charge in [-0.3, -0.25) is 4.79 Å². The van der Waals surface area contributed by atoms with E-state index in [-0.39, 0.29) is 17.9 Å². The third-order valence-electron chi connectivity index (χ3n) is 2.98. The summed E-state index contributed by atoms with van der Waals surface area (Å²) < 4.78 is 37.9. The average molecular weight is 305 g/mol.